The molecule has 1 aliphatic carbocycles. The summed E-state index contributed by atoms with van der Waals surface area (Å²) in [6.45, 7) is 0. The van der Waals surface area contributed by atoms with Crippen LogP contribution in [0.4, 0.5) is 0 Å². The number of carbonyl (C=O) groups is 1. The summed E-state index contributed by atoms with van der Waals surface area (Å²) < 4.78 is 5.25. The molecule has 1 fully saturated rings. The Kier molecular flexibility index (Phi) is 4.44. The van der Waals surface area contributed by atoms with Gasteiger partial charge in [-0.1, -0.05) is 24.6 Å². The number of aromatic nitrogens is 4. The summed E-state index contributed by atoms with van der Waals surface area (Å²) in [6, 6.07) is 6.05. The largest absolute Gasteiger partial charge is 0.497 e. The summed E-state index contributed by atoms with van der Waals surface area (Å²) in [5.41, 5.74) is 2.30. The van der Waals surface area contributed by atoms with Gasteiger partial charge in [0.05, 0.1) is 12.9 Å². The first-order chi connectivity index (χ1) is 12.2. The molecule has 130 valence electrons. The topological polar surface area (TPSA) is 92.8 Å². The Balaban J connectivity index is 1.49. The van der Waals surface area contributed by atoms with Gasteiger partial charge in [0.25, 0.3) is 0 Å². The van der Waals surface area contributed by atoms with Crippen LogP contribution in [0.3, 0.4) is 0 Å². The molecule has 4 rings (SSSR count). The lowest BCUT2D eigenvalue weighted by atomic mass is 10.2. The van der Waals surface area contributed by atoms with Crippen LogP contribution in [-0.4, -0.2) is 45.0 Å². The summed E-state index contributed by atoms with van der Waals surface area (Å²) in [5, 5.41) is 12.9. The maximum absolute atomic E-state index is 12.0. The number of nitrogens with zero attached hydrogens (tertiary/aromatic N) is 3. The quantitative estimate of drug-likeness (QED) is 0.682. The number of amides is 1. The van der Waals surface area contributed by atoms with Crippen LogP contribution in [-0.2, 0) is 4.79 Å². The fourth-order valence-electron chi connectivity index (χ4n) is 3.19. The van der Waals surface area contributed by atoms with Crippen LogP contribution in [0, 0.1) is 0 Å². The van der Waals surface area contributed by atoms with Crippen molar-refractivity contribution in [3.05, 3.63) is 18.2 Å². The molecule has 0 atom stereocenters. The molecule has 0 unspecified atom stereocenters. The standard InChI is InChI=1S/C17H19N5O2S/c1-24-11-6-7-13-12(8-11)15-16(19-13)20-17(22-21-15)25-9-14(23)18-10-4-2-3-5-10/h6-8,10H,2-5,9H2,1H3,(H,18,23)(H,19,20,22). The molecule has 7 nitrogen and oxygen atoms in total. The molecule has 25 heavy (non-hydrogen) atoms. The molecule has 1 aliphatic rings. The normalized spacial score (nSPS) is 15.1. The Morgan fingerprint density at radius 1 is 1.36 bits per heavy atom. The Morgan fingerprint density at radius 3 is 3.00 bits per heavy atom. The molecular formula is C17H19N5O2S. The van der Waals surface area contributed by atoms with E-state index in [2.05, 4.69) is 25.5 Å². The van der Waals surface area contributed by atoms with E-state index in [1.54, 1.807) is 7.11 Å². The molecule has 0 spiro atoms. The van der Waals surface area contributed by atoms with Crippen LogP contribution >= 0.6 is 11.8 Å². The van der Waals surface area contributed by atoms with Gasteiger partial charge in [-0.2, -0.15) is 0 Å². The predicted molar refractivity (Wildman–Crippen MR) is 96.9 cm³/mol. The third kappa shape index (κ3) is 3.39. The Hall–Kier alpha value is -2.35. The van der Waals surface area contributed by atoms with Crippen molar-refractivity contribution in [2.45, 2.75) is 36.9 Å². The predicted octanol–water partition coefficient (Wildman–Crippen LogP) is 2.67. The van der Waals surface area contributed by atoms with E-state index in [0.717, 1.165) is 29.5 Å². The van der Waals surface area contributed by atoms with E-state index in [1.807, 2.05) is 18.2 Å². The highest BCUT2D eigenvalue weighted by Crippen LogP contribution is 2.27. The zero-order chi connectivity index (χ0) is 17.2. The number of rotatable bonds is 5. The highest BCUT2D eigenvalue weighted by molar-refractivity contribution is 7.99. The van der Waals surface area contributed by atoms with E-state index in [1.165, 1.54) is 24.6 Å². The molecule has 0 aliphatic heterocycles. The summed E-state index contributed by atoms with van der Waals surface area (Å²) in [5.74, 6) is 1.09. The van der Waals surface area contributed by atoms with Crippen LogP contribution in [0.25, 0.3) is 22.1 Å². The lowest BCUT2D eigenvalue weighted by Gasteiger charge is -2.10. The van der Waals surface area contributed by atoms with Crippen LogP contribution in [0.1, 0.15) is 25.7 Å². The van der Waals surface area contributed by atoms with Crippen molar-refractivity contribution >= 4 is 39.7 Å². The number of thioether (sulfide) groups is 1. The van der Waals surface area contributed by atoms with Gasteiger partial charge < -0.3 is 15.0 Å². The number of aromatic amines is 1. The smallest absolute Gasteiger partial charge is 0.230 e. The third-order valence-corrected chi connectivity index (χ3v) is 5.29. The second kappa shape index (κ2) is 6.87. The van der Waals surface area contributed by atoms with Crippen molar-refractivity contribution in [2.24, 2.45) is 0 Å². The highest BCUT2D eigenvalue weighted by atomic mass is 32.2. The molecule has 3 aromatic rings. The van der Waals surface area contributed by atoms with Crippen LogP contribution < -0.4 is 10.1 Å². The maximum atomic E-state index is 12.0. The summed E-state index contributed by atoms with van der Waals surface area (Å²) in [7, 11) is 1.63. The minimum atomic E-state index is 0.0296. The number of methoxy groups -OCH3 is 1. The number of carbonyl (C=O) groups excluding carboxylic acids is 1. The van der Waals surface area contributed by atoms with Gasteiger partial charge in [-0.25, -0.2) is 4.98 Å². The molecule has 0 bridgehead atoms. The first-order valence-electron chi connectivity index (χ1n) is 8.35. The van der Waals surface area contributed by atoms with Crippen molar-refractivity contribution in [3.63, 3.8) is 0 Å². The molecule has 0 radical (unpaired) electrons. The van der Waals surface area contributed by atoms with Crippen molar-refractivity contribution in [3.8, 4) is 5.75 Å². The number of nitrogens with one attached hydrogen (secondary N) is 2. The number of benzene rings is 1. The van der Waals surface area contributed by atoms with Gasteiger partial charge in [-0.3, -0.25) is 4.79 Å². The SMILES string of the molecule is COc1ccc2[nH]c3nc(SCC(=O)NC4CCCC4)nnc3c2c1. The Labute approximate surface area is 148 Å². The molecule has 2 aromatic heterocycles. The molecule has 1 amide bonds. The molecule has 1 saturated carbocycles. The van der Waals surface area contributed by atoms with E-state index >= 15 is 0 Å². The zero-order valence-corrected chi connectivity index (χ0v) is 14.7. The van der Waals surface area contributed by atoms with Gasteiger partial charge in [-0.05, 0) is 31.0 Å². The third-order valence-electron chi connectivity index (χ3n) is 4.45. The van der Waals surface area contributed by atoms with Crippen molar-refractivity contribution in [2.75, 3.05) is 12.9 Å². The number of hydrogen-bond acceptors (Lipinski definition) is 6. The van der Waals surface area contributed by atoms with Crippen molar-refractivity contribution in [1.29, 1.82) is 0 Å². The number of fused-ring (bicyclic) bond motifs is 3. The van der Waals surface area contributed by atoms with E-state index in [-0.39, 0.29) is 5.91 Å². The van der Waals surface area contributed by atoms with Gasteiger partial charge in [0.1, 0.15) is 11.3 Å². The number of ether oxygens (including phenoxy) is 1. The van der Waals surface area contributed by atoms with Gasteiger partial charge >= 0.3 is 0 Å². The number of H-pyrrole nitrogens is 1. The van der Waals surface area contributed by atoms with Crippen LogP contribution in [0.15, 0.2) is 23.4 Å². The monoisotopic (exact) mass is 357 g/mol. The zero-order valence-electron chi connectivity index (χ0n) is 13.9. The summed E-state index contributed by atoms with van der Waals surface area (Å²) in [4.78, 5) is 19.7. The van der Waals surface area contributed by atoms with E-state index < -0.39 is 0 Å². The first kappa shape index (κ1) is 16.1. The molecule has 2 heterocycles. The van der Waals surface area contributed by atoms with Crippen LogP contribution in [0.2, 0.25) is 0 Å². The molecule has 1 aromatic carbocycles. The van der Waals surface area contributed by atoms with Gasteiger partial charge in [0.15, 0.2) is 5.65 Å². The van der Waals surface area contributed by atoms with E-state index in [0.29, 0.717) is 28.1 Å². The van der Waals surface area contributed by atoms with Gasteiger partial charge in [0.2, 0.25) is 11.1 Å². The first-order valence-corrected chi connectivity index (χ1v) is 9.34. The summed E-state index contributed by atoms with van der Waals surface area (Å²) >= 11 is 1.30. The van der Waals surface area contributed by atoms with Gasteiger partial charge in [0, 0.05) is 16.9 Å². The van der Waals surface area contributed by atoms with Crippen molar-refractivity contribution < 1.29 is 9.53 Å². The Bertz CT molecular complexity index is 920. The fraction of sp³-hybridized carbons (Fsp3) is 0.412. The molecule has 8 heteroatoms. The Morgan fingerprint density at radius 2 is 2.20 bits per heavy atom. The second-order valence-electron chi connectivity index (χ2n) is 6.17. The molecular weight excluding hydrogens is 338 g/mol. The number of hydrogen-bond donors (Lipinski definition) is 2. The average molecular weight is 357 g/mol. The second-order valence-corrected chi connectivity index (χ2v) is 7.11. The van der Waals surface area contributed by atoms with E-state index in [9.17, 15) is 4.79 Å². The minimum Gasteiger partial charge on any atom is -0.497 e. The molecule has 0 saturated heterocycles. The van der Waals surface area contributed by atoms with Crippen LogP contribution in [0.5, 0.6) is 5.75 Å². The van der Waals surface area contributed by atoms with Crippen molar-refractivity contribution in [1.82, 2.24) is 25.5 Å². The lowest BCUT2D eigenvalue weighted by Crippen LogP contribution is -2.33. The lowest BCUT2D eigenvalue weighted by molar-refractivity contribution is -0.119. The average Bonchev–Trinajstić information content (AvgIpc) is 3.26. The molecule has 2 N–H and O–H groups in total. The fourth-order valence-corrected chi connectivity index (χ4v) is 3.79. The highest BCUT2D eigenvalue weighted by Gasteiger charge is 2.17. The van der Waals surface area contributed by atoms with Gasteiger partial charge in [-0.15, -0.1) is 10.2 Å². The minimum absolute atomic E-state index is 0.0296. The maximum Gasteiger partial charge on any atom is 0.230 e. The van der Waals surface area contributed by atoms with E-state index in [4.69, 9.17) is 4.74 Å². The summed E-state index contributed by atoms with van der Waals surface area (Å²) in [6.07, 6.45) is 4.57.